The molecule has 0 saturated carbocycles. The van der Waals surface area contributed by atoms with Gasteiger partial charge in [0.05, 0.1) is 5.25 Å². The van der Waals surface area contributed by atoms with Gasteiger partial charge in [-0.25, -0.2) is 4.98 Å². The molecule has 0 saturated heterocycles. The third kappa shape index (κ3) is 4.09. The molecule has 0 unspecified atom stereocenters. The van der Waals surface area contributed by atoms with E-state index < -0.39 is 0 Å². The summed E-state index contributed by atoms with van der Waals surface area (Å²) < 4.78 is 0. The largest absolute Gasteiger partial charge is 0.312 e. The Labute approximate surface area is 151 Å². The van der Waals surface area contributed by atoms with E-state index in [4.69, 9.17) is 0 Å². The number of carbonyl (C=O) groups is 1. The molecular formula is C19H20N4OS. The number of amides is 1. The molecule has 1 atom stereocenters. The van der Waals surface area contributed by atoms with Crippen LogP contribution in [0.3, 0.4) is 0 Å². The molecule has 0 radical (unpaired) electrons. The van der Waals surface area contributed by atoms with Crippen LogP contribution in [0.5, 0.6) is 0 Å². The van der Waals surface area contributed by atoms with E-state index in [2.05, 4.69) is 15.2 Å². The first kappa shape index (κ1) is 17.2. The molecule has 0 bridgehead atoms. The fourth-order valence-electron chi connectivity index (χ4n) is 2.53. The first-order valence-electron chi connectivity index (χ1n) is 8.20. The molecule has 0 aliphatic heterocycles. The maximum Gasteiger partial charge on any atom is 0.240 e. The average molecular weight is 352 g/mol. The lowest BCUT2D eigenvalue weighted by Crippen LogP contribution is -2.36. The zero-order chi connectivity index (χ0) is 17.6. The van der Waals surface area contributed by atoms with E-state index >= 15 is 0 Å². The van der Waals surface area contributed by atoms with Crippen LogP contribution in [0, 0.1) is 0 Å². The van der Waals surface area contributed by atoms with Gasteiger partial charge < -0.3 is 4.90 Å². The highest BCUT2D eigenvalue weighted by Gasteiger charge is 2.23. The topological polar surface area (TPSA) is 61.9 Å². The Morgan fingerprint density at radius 2 is 1.76 bits per heavy atom. The molecule has 1 amide bonds. The van der Waals surface area contributed by atoms with Crippen molar-refractivity contribution in [3.8, 4) is 11.4 Å². The Balaban J connectivity index is 1.70. The molecule has 3 aromatic rings. The van der Waals surface area contributed by atoms with E-state index in [1.54, 1.807) is 4.90 Å². The quantitative estimate of drug-likeness (QED) is 0.681. The number of anilines is 1. The Hall–Kier alpha value is -2.60. The van der Waals surface area contributed by atoms with Crippen molar-refractivity contribution in [1.29, 1.82) is 0 Å². The third-order valence-corrected chi connectivity index (χ3v) is 4.74. The second-order valence-electron chi connectivity index (χ2n) is 5.51. The minimum absolute atomic E-state index is 0.0461. The molecule has 0 spiro atoms. The smallest absolute Gasteiger partial charge is 0.240 e. The van der Waals surface area contributed by atoms with E-state index in [0.29, 0.717) is 17.5 Å². The Bertz CT molecular complexity index is 820. The summed E-state index contributed by atoms with van der Waals surface area (Å²) in [4.78, 5) is 19.1. The van der Waals surface area contributed by atoms with Crippen molar-refractivity contribution in [2.75, 3.05) is 11.4 Å². The minimum Gasteiger partial charge on any atom is -0.312 e. The summed E-state index contributed by atoms with van der Waals surface area (Å²) in [5, 5.41) is 7.46. The Morgan fingerprint density at radius 3 is 2.40 bits per heavy atom. The number of hydrogen-bond acceptors (Lipinski definition) is 4. The number of H-pyrrole nitrogens is 1. The predicted molar refractivity (Wildman–Crippen MR) is 102 cm³/mol. The van der Waals surface area contributed by atoms with Crippen molar-refractivity contribution in [2.24, 2.45) is 0 Å². The van der Waals surface area contributed by atoms with E-state index in [-0.39, 0.29) is 11.2 Å². The molecule has 1 N–H and O–H groups in total. The molecule has 1 aromatic heterocycles. The molecule has 6 heteroatoms. The van der Waals surface area contributed by atoms with Gasteiger partial charge in [0.25, 0.3) is 0 Å². The summed E-state index contributed by atoms with van der Waals surface area (Å²) in [5.74, 6) is 0.753. The van der Waals surface area contributed by atoms with Crippen molar-refractivity contribution < 1.29 is 4.79 Å². The number of hydrogen-bond donors (Lipinski definition) is 1. The van der Waals surface area contributed by atoms with Crippen molar-refractivity contribution in [2.45, 2.75) is 24.3 Å². The second-order valence-corrected chi connectivity index (χ2v) is 6.82. The number of para-hydroxylation sites is 1. The molecule has 2 aromatic carbocycles. The van der Waals surface area contributed by atoms with Crippen LogP contribution in [0.15, 0.2) is 65.8 Å². The van der Waals surface area contributed by atoms with E-state index in [9.17, 15) is 4.79 Å². The van der Waals surface area contributed by atoms with Crippen LogP contribution in [0.2, 0.25) is 0 Å². The first-order chi connectivity index (χ1) is 12.2. The molecule has 128 valence electrons. The highest BCUT2D eigenvalue weighted by atomic mass is 32.2. The van der Waals surface area contributed by atoms with Gasteiger partial charge in [-0.15, -0.1) is 5.10 Å². The van der Waals surface area contributed by atoms with Crippen LogP contribution < -0.4 is 4.90 Å². The Kier molecular flexibility index (Phi) is 5.50. The Morgan fingerprint density at radius 1 is 1.12 bits per heavy atom. The lowest BCUT2D eigenvalue weighted by Gasteiger charge is -2.23. The predicted octanol–water partition coefficient (Wildman–Crippen LogP) is 4.01. The SMILES string of the molecule is CCN(C(=O)[C@H](C)Sc1n[nH]c(-c2ccccc2)n1)c1ccccc1. The van der Waals surface area contributed by atoms with Crippen LogP contribution in [0.4, 0.5) is 5.69 Å². The van der Waals surface area contributed by atoms with Crippen LogP contribution >= 0.6 is 11.8 Å². The summed E-state index contributed by atoms with van der Waals surface area (Å²) in [6, 6.07) is 19.5. The van der Waals surface area contributed by atoms with E-state index in [1.165, 1.54) is 11.8 Å². The maximum absolute atomic E-state index is 12.8. The molecule has 0 aliphatic carbocycles. The van der Waals surface area contributed by atoms with E-state index in [0.717, 1.165) is 11.3 Å². The minimum atomic E-state index is -0.278. The standard InChI is InChI=1S/C19H20N4OS/c1-3-23(16-12-8-5-9-13-16)18(24)14(2)25-19-20-17(21-22-19)15-10-6-4-7-11-15/h4-14H,3H2,1-2H3,(H,20,21,22)/t14-/m0/s1. The molecule has 1 heterocycles. The summed E-state index contributed by atoms with van der Waals surface area (Å²) in [6.07, 6.45) is 0. The molecule has 0 fully saturated rings. The fraction of sp³-hybridized carbons (Fsp3) is 0.211. The summed E-state index contributed by atoms with van der Waals surface area (Å²) in [5.41, 5.74) is 1.88. The maximum atomic E-state index is 12.8. The molecule has 0 aliphatic rings. The number of aromatic amines is 1. The second kappa shape index (κ2) is 7.98. The lowest BCUT2D eigenvalue weighted by atomic mass is 10.2. The van der Waals surface area contributed by atoms with Crippen LogP contribution in [-0.4, -0.2) is 32.9 Å². The summed E-state index contributed by atoms with van der Waals surface area (Å²) in [6.45, 7) is 4.48. The molecule has 25 heavy (non-hydrogen) atoms. The van der Waals surface area contributed by atoms with Gasteiger partial charge in [-0.2, -0.15) is 0 Å². The van der Waals surface area contributed by atoms with Crippen molar-refractivity contribution in [3.63, 3.8) is 0 Å². The van der Waals surface area contributed by atoms with Gasteiger partial charge in [0.15, 0.2) is 5.82 Å². The zero-order valence-corrected chi connectivity index (χ0v) is 15.0. The molecule has 3 rings (SSSR count). The number of rotatable bonds is 6. The normalized spacial score (nSPS) is 11.9. The number of carbonyl (C=O) groups excluding carboxylic acids is 1. The number of thioether (sulfide) groups is 1. The van der Waals surface area contributed by atoms with Gasteiger partial charge in [-0.05, 0) is 26.0 Å². The highest BCUT2D eigenvalue weighted by molar-refractivity contribution is 8.00. The van der Waals surface area contributed by atoms with Crippen LogP contribution in [0.1, 0.15) is 13.8 Å². The van der Waals surface area contributed by atoms with Crippen molar-refractivity contribution in [3.05, 3.63) is 60.7 Å². The van der Waals surface area contributed by atoms with Crippen LogP contribution in [0.25, 0.3) is 11.4 Å². The van der Waals surface area contributed by atoms with Crippen molar-refractivity contribution >= 4 is 23.4 Å². The number of nitrogens with zero attached hydrogens (tertiary/aromatic N) is 3. The number of nitrogens with one attached hydrogen (secondary N) is 1. The zero-order valence-electron chi connectivity index (χ0n) is 14.2. The third-order valence-electron chi connectivity index (χ3n) is 3.79. The summed E-state index contributed by atoms with van der Waals surface area (Å²) >= 11 is 1.36. The van der Waals surface area contributed by atoms with Gasteiger partial charge in [0.1, 0.15) is 0 Å². The monoisotopic (exact) mass is 352 g/mol. The van der Waals surface area contributed by atoms with Gasteiger partial charge in [0, 0.05) is 17.8 Å². The van der Waals surface area contributed by atoms with Gasteiger partial charge >= 0.3 is 0 Å². The van der Waals surface area contributed by atoms with Gasteiger partial charge in [-0.1, -0.05) is 60.3 Å². The summed E-state index contributed by atoms with van der Waals surface area (Å²) in [7, 11) is 0. The molecule has 5 nitrogen and oxygen atoms in total. The van der Waals surface area contributed by atoms with Gasteiger partial charge in [-0.3, -0.25) is 9.89 Å². The van der Waals surface area contributed by atoms with E-state index in [1.807, 2.05) is 74.5 Å². The van der Waals surface area contributed by atoms with Gasteiger partial charge in [0.2, 0.25) is 11.1 Å². The first-order valence-corrected chi connectivity index (χ1v) is 9.08. The number of benzene rings is 2. The van der Waals surface area contributed by atoms with Crippen LogP contribution in [-0.2, 0) is 4.79 Å². The number of aromatic nitrogens is 3. The average Bonchev–Trinajstić information content (AvgIpc) is 3.12. The highest BCUT2D eigenvalue weighted by Crippen LogP contribution is 2.25. The lowest BCUT2D eigenvalue weighted by molar-refractivity contribution is -0.117. The van der Waals surface area contributed by atoms with Crippen molar-refractivity contribution in [1.82, 2.24) is 15.2 Å². The molecular weight excluding hydrogens is 332 g/mol. The fourth-order valence-corrected chi connectivity index (χ4v) is 3.31.